The summed E-state index contributed by atoms with van der Waals surface area (Å²) < 4.78 is 5.77. The predicted octanol–water partition coefficient (Wildman–Crippen LogP) is 2.84. The van der Waals surface area contributed by atoms with Crippen molar-refractivity contribution >= 4 is 5.97 Å². The number of hydrogen-bond donors (Lipinski definition) is 1. The summed E-state index contributed by atoms with van der Waals surface area (Å²) in [4.78, 5) is 20.1. The summed E-state index contributed by atoms with van der Waals surface area (Å²) in [6.45, 7) is 5.65. The van der Waals surface area contributed by atoms with E-state index in [1.165, 1.54) is 6.42 Å². The molecule has 1 aliphatic rings. The maximum absolute atomic E-state index is 11.2. The fraction of sp³-hybridized carbons (Fsp3) is 0.667. The fourth-order valence-electron chi connectivity index (χ4n) is 3.21. The number of carboxylic acids is 1. The fourth-order valence-corrected chi connectivity index (χ4v) is 3.21. The van der Waals surface area contributed by atoms with Gasteiger partial charge in [-0.3, -0.25) is 0 Å². The van der Waals surface area contributed by atoms with Gasteiger partial charge in [0.2, 0.25) is 0 Å². The standard InChI is InChI=1S/C15H22N2O3/c1-9-6-5-7-15(8-9,20-4)14-16-10(2)12(13(18)19)11(3)17-14/h9H,5-8H2,1-4H3,(H,18,19). The van der Waals surface area contributed by atoms with Crippen molar-refractivity contribution < 1.29 is 14.6 Å². The third-order valence-corrected chi connectivity index (χ3v) is 4.24. The van der Waals surface area contributed by atoms with Crippen LogP contribution in [-0.4, -0.2) is 28.2 Å². The number of nitrogens with zero attached hydrogens (tertiary/aromatic N) is 2. The van der Waals surface area contributed by atoms with Gasteiger partial charge in [-0.05, 0) is 39.0 Å². The normalized spacial score (nSPS) is 26.5. The second kappa shape index (κ2) is 5.48. The van der Waals surface area contributed by atoms with Crippen LogP contribution in [0.4, 0.5) is 0 Å². The Morgan fingerprint density at radius 1 is 1.35 bits per heavy atom. The highest BCUT2D eigenvalue weighted by Crippen LogP contribution is 2.41. The number of carboxylic acid groups (broad SMARTS) is 1. The Bertz CT molecular complexity index is 507. The van der Waals surface area contributed by atoms with E-state index in [4.69, 9.17) is 4.74 Å². The zero-order valence-electron chi connectivity index (χ0n) is 12.6. The molecule has 2 unspecified atom stereocenters. The summed E-state index contributed by atoms with van der Waals surface area (Å²) in [5, 5.41) is 9.20. The lowest BCUT2D eigenvalue weighted by Gasteiger charge is -2.37. The molecule has 110 valence electrons. The highest BCUT2D eigenvalue weighted by molar-refractivity contribution is 5.89. The largest absolute Gasteiger partial charge is 0.478 e. The van der Waals surface area contributed by atoms with Gasteiger partial charge in [0.15, 0.2) is 5.82 Å². The minimum Gasteiger partial charge on any atom is -0.478 e. The summed E-state index contributed by atoms with van der Waals surface area (Å²) >= 11 is 0. The monoisotopic (exact) mass is 278 g/mol. The van der Waals surface area contributed by atoms with Crippen molar-refractivity contribution in [1.29, 1.82) is 0 Å². The SMILES string of the molecule is COC1(c2nc(C)c(C(=O)O)c(C)n2)CCCC(C)C1. The van der Waals surface area contributed by atoms with E-state index >= 15 is 0 Å². The zero-order valence-corrected chi connectivity index (χ0v) is 12.6. The van der Waals surface area contributed by atoms with E-state index < -0.39 is 11.6 Å². The molecular formula is C15H22N2O3. The third-order valence-electron chi connectivity index (χ3n) is 4.24. The molecule has 1 aromatic heterocycles. The highest BCUT2D eigenvalue weighted by Gasteiger charge is 2.40. The molecule has 0 aliphatic heterocycles. The maximum atomic E-state index is 11.2. The number of aromatic carboxylic acids is 1. The quantitative estimate of drug-likeness (QED) is 0.920. The first-order valence-electron chi connectivity index (χ1n) is 7.04. The Morgan fingerprint density at radius 3 is 2.40 bits per heavy atom. The molecule has 0 spiro atoms. The number of aryl methyl sites for hydroxylation is 2. The first-order chi connectivity index (χ1) is 9.39. The molecule has 0 amide bonds. The van der Waals surface area contributed by atoms with Crippen molar-refractivity contribution in [2.24, 2.45) is 5.92 Å². The molecule has 1 saturated carbocycles. The molecule has 0 saturated heterocycles. The van der Waals surface area contributed by atoms with Gasteiger partial charge >= 0.3 is 5.97 Å². The number of ether oxygens (including phenoxy) is 1. The maximum Gasteiger partial charge on any atom is 0.339 e. The van der Waals surface area contributed by atoms with Gasteiger partial charge < -0.3 is 9.84 Å². The van der Waals surface area contributed by atoms with E-state index in [2.05, 4.69) is 16.9 Å². The molecule has 20 heavy (non-hydrogen) atoms. The molecule has 1 N–H and O–H groups in total. The molecule has 2 rings (SSSR count). The Kier molecular flexibility index (Phi) is 4.09. The van der Waals surface area contributed by atoms with Crippen LogP contribution in [-0.2, 0) is 10.3 Å². The van der Waals surface area contributed by atoms with Gasteiger partial charge in [0.1, 0.15) is 11.2 Å². The molecular weight excluding hydrogens is 256 g/mol. The predicted molar refractivity (Wildman–Crippen MR) is 74.8 cm³/mol. The summed E-state index contributed by atoms with van der Waals surface area (Å²) in [7, 11) is 1.69. The first-order valence-corrected chi connectivity index (χ1v) is 7.04. The molecule has 5 heteroatoms. The van der Waals surface area contributed by atoms with Crippen LogP contribution in [0, 0.1) is 19.8 Å². The Morgan fingerprint density at radius 2 is 1.95 bits per heavy atom. The molecule has 1 fully saturated rings. The lowest BCUT2D eigenvalue weighted by molar-refractivity contribution is -0.0648. The highest BCUT2D eigenvalue weighted by atomic mass is 16.5. The molecule has 1 heterocycles. The summed E-state index contributed by atoms with van der Waals surface area (Å²) in [6.07, 6.45) is 4.04. The van der Waals surface area contributed by atoms with Crippen molar-refractivity contribution in [2.45, 2.75) is 52.1 Å². The molecule has 0 aromatic carbocycles. The van der Waals surface area contributed by atoms with Gasteiger partial charge in [-0.2, -0.15) is 0 Å². The molecule has 2 atom stereocenters. The summed E-state index contributed by atoms with van der Waals surface area (Å²) in [6, 6.07) is 0. The van der Waals surface area contributed by atoms with Crippen molar-refractivity contribution in [3.63, 3.8) is 0 Å². The second-order valence-electron chi connectivity index (χ2n) is 5.80. The average Bonchev–Trinajstić information content (AvgIpc) is 2.37. The first kappa shape index (κ1) is 14.9. The second-order valence-corrected chi connectivity index (χ2v) is 5.80. The zero-order chi connectivity index (χ0) is 14.9. The van der Waals surface area contributed by atoms with Gasteiger partial charge in [-0.15, -0.1) is 0 Å². The number of aromatic nitrogens is 2. The van der Waals surface area contributed by atoms with E-state index in [9.17, 15) is 9.90 Å². The van der Waals surface area contributed by atoms with Gasteiger partial charge in [0, 0.05) is 7.11 Å². The number of carbonyl (C=O) groups is 1. The minimum atomic E-state index is -0.977. The Labute approximate surface area is 119 Å². The molecule has 0 radical (unpaired) electrons. The summed E-state index contributed by atoms with van der Waals surface area (Å²) in [5.74, 6) is 0.216. The number of methoxy groups -OCH3 is 1. The van der Waals surface area contributed by atoms with Crippen LogP contribution in [0.1, 0.15) is 60.2 Å². The topological polar surface area (TPSA) is 72.3 Å². The Balaban J connectivity index is 2.48. The van der Waals surface area contributed by atoms with E-state index in [-0.39, 0.29) is 5.56 Å². The molecule has 1 aromatic rings. The van der Waals surface area contributed by atoms with Crippen molar-refractivity contribution in [1.82, 2.24) is 9.97 Å². The van der Waals surface area contributed by atoms with Crippen LogP contribution in [0.15, 0.2) is 0 Å². The van der Waals surface area contributed by atoms with E-state index in [0.29, 0.717) is 23.1 Å². The van der Waals surface area contributed by atoms with Crippen LogP contribution >= 0.6 is 0 Å². The number of hydrogen-bond acceptors (Lipinski definition) is 4. The lowest BCUT2D eigenvalue weighted by Crippen LogP contribution is -2.36. The van der Waals surface area contributed by atoms with Crippen molar-refractivity contribution in [3.8, 4) is 0 Å². The van der Waals surface area contributed by atoms with Gasteiger partial charge in [0.05, 0.1) is 11.4 Å². The van der Waals surface area contributed by atoms with Crippen LogP contribution in [0.5, 0.6) is 0 Å². The van der Waals surface area contributed by atoms with Crippen molar-refractivity contribution in [2.75, 3.05) is 7.11 Å². The minimum absolute atomic E-state index is 0.198. The molecule has 0 bridgehead atoms. The number of rotatable bonds is 3. The smallest absolute Gasteiger partial charge is 0.339 e. The van der Waals surface area contributed by atoms with Crippen LogP contribution < -0.4 is 0 Å². The lowest BCUT2D eigenvalue weighted by atomic mass is 9.78. The van der Waals surface area contributed by atoms with Gasteiger partial charge in [-0.25, -0.2) is 14.8 Å². The average molecular weight is 278 g/mol. The molecule has 1 aliphatic carbocycles. The van der Waals surface area contributed by atoms with Crippen LogP contribution in [0.25, 0.3) is 0 Å². The molecule has 5 nitrogen and oxygen atoms in total. The van der Waals surface area contributed by atoms with Crippen molar-refractivity contribution in [3.05, 3.63) is 22.8 Å². The van der Waals surface area contributed by atoms with E-state index in [1.54, 1.807) is 21.0 Å². The van der Waals surface area contributed by atoms with E-state index in [0.717, 1.165) is 19.3 Å². The summed E-state index contributed by atoms with van der Waals surface area (Å²) in [5.41, 5.74) is 0.748. The van der Waals surface area contributed by atoms with Crippen LogP contribution in [0.3, 0.4) is 0 Å². The van der Waals surface area contributed by atoms with Crippen LogP contribution in [0.2, 0.25) is 0 Å². The van der Waals surface area contributed by atoms with Gasteiger partial charge in [-0.1, -0.05) is 13.3 Å². The van der Waals surface area contributed by atoms with E-state index in [1.807, 2.05) is 0 Å². The van der Waals surface area contributed by atoms with Gasteiger partial charge in [0.25, 0.3) is 0 Å². The Hall–Kier alpha value is -1.49. The third kappa shape index (κ3) is 2.54.